The van der Waals surface area contributed by atoms with Gasteiger partial charge in [-0.15, -0.1) is 13.2 Å². The van der Waals surface area contributed by atoms with Crippen molar-refractivity contribution < 1.29 is 27.4 Å². The summed E-state index contributed by atoms with van der Waals surface area (Å²) >= 11 is 0. The summed E-state index contributed by atoms with van der Waals surface area (Å²) in [6.07, 6.45) is 0.0206. The fourth-order valence-electron chi connectivity index (χ4n) is 3.00. The van der Waals surface area contributed by atoms with E-state index in [0.29, 0.717) is 37.6 Å². The predicted octanol–water partition coefficient (Wildman–Crippen LogP) is 4.30. The molecule has 2 aromatic rings. The normalized spacial score (nSPS) is 16.7. The Labute approximate surface area is 160 Å². The third-order valence-electron chi connectivity index (χ3n) is 4.32. The molecule has 1 saturated heterocycles. The van der Waals surface area contributed by atoms with Crippen LogP contribution in [-0.2, 0) is 0 Å². The van der Waals surface area contributed by atoms with Crippen LogP contribution in [0.1, 0.15) is 12.8 Å². The number of anilines is 1. The van der Waals surface area contributed by atoms with E-state index in [-0.39, 0.29) is 17.7 Å². The third-order valence-corrected chi connectivity index (χ3v) is 4.32. The number of rotatable bonds is 6. The highest BCUT2D eigenvalue weighted by atomic mass is 19.4. The van der Waals surface area contributed by atoms with Crippen LogP contribution in [0.3, 0.4) is 0 Å². The van der Waals surface area contributed by atoms with Gasteiger partial charge >= 0.3 is 12.4 Å². The molecule has 1 aromatic heterocycles. The Morgan fingerprint density at radius 3 is 2.82 bits per heavy atom. The van der Waals surface area contributed by atoms with Gasteiger partial charge < -0.3 is 19.7 Å². The van der Waals surface area contributed by atoms with Crippen molar-refractivity contribution in [3.63, 3.8) is 0 Å². The summed E-state index contributed by atoms with van der Waals surface area (Å²) in [4.78, 5) is 17.9. The Balaban J connectivity index is 1.41. The zero-order valence-corrected chi connectivity index (χ0v) is 15.0. The molecule has 9 heteroatoms. The molecule has 0 saturated carbocycles. The minimum atomic E-state index is -4.73. The van der Waals surface area contributed by atoms with Crippen LogP contribution in [0.25, 0.3) is 0 Å². The number of nitrogens with zero attached hydrogens (tertiary/aromatic N) is 2. The highest BCUT2D eigenvalue weighted by molar-refractivity contribution is 5.89. The zero-order chi connectivity index (χ0) is 20.0. The third kappa shape index (κ3) is 6.04. The molecule has 1 unspecified atom stereocenters. The molecular formula is C19H20F3N3O3. The molecule has 1 N–H and O–H groups in total. The summed E-state index contributed by atoms with van der Waals surface area (Å²) in [5, 5.41) is 2.80. The van der Waals surface area contributed by atoms with Crippen LogP contribution >= 0.6 is 0 Å². The first-order valence-electron chi connectivity index (χ1n) is 8.83. The molecule has 0 spiro atoms. The quantitative estimate of drug-likeness (QED) is 0.792. The van der Waals surface area contributed by atoms with Gasteiger partial charge in [0.15, 0.2) is 0 Å². The van der Waals surface area contributed by atoms with Gasteiger partial charge in [0.1, 0.15) is 11.5 Å². The monoisotopic (exact) mass is 395 g/mol. The van der Waals surface area contributed by atoms with E-state index in [2.05, 4.69) is 15.0 Å². The maximum Gasteiger partial charge on any atom is 0.573 e. The van der Waals surface area contributed by atoms with Gasteiger partial charge in [0.05, 0.1) is 18.5 Å². The van der Waals surface area contributed by atoms with Crippen molar-refractivity contribution >= 4 is 11.7 Å². The largest absolute Gasteiger partial charge is 0.573 e. The summed E-state index contributed by atoms with van der Waals surface area (Å²) in [6, 6.07) is 8.78. The van der Waals surface area contributed by atoms with Crippen LogP contribution in [0.5, 0.6) is 11.5 Å². The van der Waals surface area contributed by atoms with Crippen molar-refractivity contribution in [2.75, 3.05) is 25.0 Å². The summed E-state index contributed by atoms with van der Waals surface area (Å²) in [5.74, 6) is 0.268. The van der Waals surface area contributed by atoms with E-state index < -0.39 is 6.36 Å². The molecule has 2 amide bonds. The lowest BCUT2D eigenvalue weighted by Gasteiger charge is -2.17. The van der Waals surface area contributed by atoms with Crippen molar-refractivity contribution in [3.05, 3.63) is 48.8 Å². The number of nitrogens with one attached hydrogen (secondary N) is 1. The molecule has 1 aromatic carbocycles. The van der Waals surface area contributed by atoms with Crippen LogP contribution < -0.4 is 14.8 Å². The fourth-order valence-corrected chi connectivity index (χ4v) is 3.00. The van der Waals surface area contributed by atoms with Gasteiger partial charge in [-0.05, 0) is 43.0 Å². The Kier molecular flexibility index (Phi) is 6.23. The topological polar surface area (TPSA) is 63.7 Å². The summed E-state index contributed by atoms with van der Waals surface area (Å²) < 4.78 is 46.2. The maximum absolute atomic E-state index is 12.3. The second-order valence-corrected chi connectivity index (χ2v) is 6.43. The molecule has 1 atom stereocenters. The number of benzene rings is 1. The molecule has 1 fully saturated rings. The average molecular weight is 395 g/mol. The number of hydrogen-bond acceptors (Lipinski definition) is 4. The van der Waals surface area contributed by atoms with Gasteiger partial charge in [-0.1, -0.05) is 6.07 Å². The summed E-state index contributed by atoms with van der Waals surface area (Å²) in [7, 11) is 0. The lowest BCUT2D eigenvalue weighted by Crippen LogP contribution is -2.33. The molecule has 6 nitrogen and oxygen atoms in total. The average Bonchev–Trinajstić information content (AvgIpc) is 3.11. The number of amides is 2. The smallest absolute Gasteiger partial charge is 0.493 e. The number of likely N-dealkylation sites (tertiary alicyclic amines) is 1. The van der Waals surface area contributed by atoms with E-state index in [9.17, 15) is 18.0 Å². The molecule has 1 aliphatic heterocycles. The van der Waals surface area contributed by atoms with Gasteiger partial charge in [-0.2, -0.15) is 0 Å². The first kappa shape index (κ1) is 19.8. The Morgan fingerprint density at radius 1 is 1.25 bits per heavy atom. The molecule has 0 bridgehead atoms. The predicted molar refractivity (Wildman–Crippen MR) is 96.2 cm³/mol. The first-order chi connectivity index (χ1) is 13.4. The standard InChI is InChI=1S/C19H20F3N3O3/c20-19(21,22)28-17-5-1-4-16(11-17)27-10-7-14-6-9-25(13-14)18(26)24-15-3-2-8-23-12-15/h1-5,8,11-12,14H,6-7,9-10,13H2,(H,24,26). The lowest BCUT2D eigenvalue weighted by molar-refractivity contribution is -0.274. The lowest BCUT2D eigenvalue weighted by atomic mass is 10.1. The van der Waals surface area contributed by atoms with Crippen molar-refractivity contribution in [1.82, 2.24) is 9.88 Å². The second kappa shape index (κ2) is 8.81. The Hall–Kier alpha value is -2.97. The van der Waals surface area contributed by atoms with Gasteiger partial charge in [0, 0.05) is 25.4 Å². The number of urea groups is 1. The van der Waals surface area contributed by atoms with Crippen LogP contribution in [0.4, 0.5) is 23.7 Å². The highest BCUT2D eigenvalue weighted by Gasteiger charge is 2.31. The number of carbonyl (C=O) groups excluding carboxylic acids is 1. The number of hydrogen-bond donors (Lipinski definition) is 1. The van der Waals surface area contributed by atoms with Crippen LogP contribution in [0.15, 0.2) is 48.8 Å². The molecule has 0 radical (unpaired) electrons. The first-order valence-corrected chi connectivity index (χ1v) is 8.83. The van der Waals surface area contributed by atoms with Gasteiger partial charge in [-0.3, -0.25) is 4.98 Å². The van der Waals surface area contributed by atoms with Crippen LogP contribution in [-0.4, -0.2) is 42.0 Å². The fraction of sp³-hybridized carbons (Fsp3) is 0.368. The van der Waals surface area contributed by atoms with Crippen LogP contribution in [0.2, 0.25) is 0 Å². The second-order valence-electron chi connectivity index (χ2n) is 6.43. The van der Waals surface area contributed by atoms with Gasteiger partial charge in [-0.25, -0.2) is 4.79 Å². The van der Waals surface area contributed by atoms with Crippen molar-refractivity contribution in [2.24, 2.45) is 5.92 Å². The highest BCUT2D eigenvalue weighted by Crippen LogP contribution is 2.27. The molecule has 1 aliphatic rings. The Morgan fingerprint density at radius 2 is 2.07 bits per heavy atom. The minimum Gasteiger partial charge on any atom is -0.493 e. The zero-order valence-electron chi connectivity index (χ0n) is 15.0. The Bertz CT molecular complexity index is 787. The van der Waals surface area contributed by atoms with Gasteiger partial charge in [0.2, 0.25) is 0 Å². The van der Waals surface area contributed by atoms with E-state index in [1.165, 1.54) is 18.2 Å². The van der Waals surface area contributed by atoms with Crippen molar-refractivity contribution in [3.8, 4) is 11.5 Å². The van der Waals surface area contributed by atoms with E-state index in [0.717, 1.165) is 6.42 Å². The molecular weight excluding hydrogens is 375 g/mol. The van der Waals surface area contributed by atoms with Crippen molar-refractivity contribution in [1.29, 1.82) is 0 Å². The number of halogens is 3. The number of alkyl halides is 3. The number of aromatic nitrogens is 1. The number of carbonyl (C=O) groups is 1. The van der Waals surface area contributed by atoms with E-state index in [1.807, 2.05) is 0 Å². The van der Waals surface area contributed by atoms with E-state index in [4.69, 9.17) is 4.74 Å². The number of ether oxygens (including phenoxy) is 2. The van der Waals surface area contributed by atoms with Crippen LogP contribution in [0, 0.1) is 5.92 Å². The minimum absolute atomic E-state index is 0.173. The molecule has 150 valence electrons. The maximum atomic E-state index is 12.3. The van der Waals surface area contributed by atoms with Crippen molar-refractivity contribution in [2.45, 2.75) is 19.2 Å². The SMILES string of the molecule is O=C(Nc1cccnc1)N1CCC(CCOc2cccc(OC(F)(F)F)c2)C1. The molecule has 0 aliphatic carbocycles. The summed E-state index contributed by atoms with van der Waals surface area (Å²) in [6.45, 7) is 1.59. The number of pyridine rings is 1. The molecule has 3 rings (SSSR count). The van der Waals surface area contributed by atoms with Gasteiger partial charge in [0.25, 0.3) is 0 Å². The van der Waals surface area contributed by atoms with E-state index >= 15 is 0 Å². The molecule has 2 heterocycles. The van der Waals surface area contributed by atoms with E-state index in [1.54, 1.807) is 35.5 Å². The molecule has 28 heavy (non-hydrogen) atoms. The summed E-state index contributed by atoms with van der Waals surface area (Å²) in [5.41, 5.74) is 0.639.